The van der Waals surface area contributed by atoms with Gasteiger partial charge < -0.3 is 9.30 Å². The maximum absolute atomic E-state index is 5.36. The third-order valence-corrected chi connectivity index (χ3v) is 5.87. The molecule has 0 saturated carbocycles. The molecule has 7 nitrogen and oxygen atoms in total. The Kier molecular flexibility index (Phi) is 5.10. The van der Waals surface area contributed by atoms with Crippen LogP contribution in [-0.4, -0.2) is 36.4 Å². The number of nitrogens with zero attached hydrogens (tertiary/aromatic N) is 6. The maximum Gasteiger partial charge on any atom is 0.166 e. The first-order valence-corrected chi connectivity index (χ1v) is 10.9. The monoisotopic (exact) mass is 438 g/mol. The predicted octanol–water partition coefficient (Wildman–Crippen LogP) is 4.04. The zero-order valence-electron chi connectivity index (χ0n) is 19.5. The summed E-state index contributed by atoms with van der Waals surface area (Å²) in [5, 5.41) is 8.86. The van der Waals surface area contributed by atoms with Crippen LogP contribution in [0.1, 0.15) is 54.8 Å². The highest BCUT2D eigenvalue weighted by Crippen LogP contribution is 2.33. The molecule has 0 amide bonds. The Labute approximate surface area is 193 Å². The molecule has 0 spiro atoms. The second-order valence-electron chi connectivity index (χ2n) is 9.32. The summed E-state index contributed by atoms with van der Waals surface area (Å²) in [6.45, 7) is 9.53. The number of imidazole rings is 1. The number of fused-ring (bicyclic) bond motifs is 5. The zero-order valence-corrected chi connectivity index (χ0v) is 19.5. The lowest BCUT2D eigenvalue weighted by Crippen LogP contribution is -2.11. The van der Waals surface area contributed by atoms with Crippen LogP contribution in [0, 0.1) is 18.8 Å². The van der Waals surface area contributed by atoms with Crippen LogP contribution in [0.15, 0.2) is 42.9 Å². The number of pyridine rings is 1. The van der Waals surface area contributed by atoms with Crippen molar-refractivity contribution < 1.29 is 4.74 Å². The van der Waals surface area contributed by atoms with Gasteiger partial charge in [-0.15, -0.1) is 10.2 Å². The first-order chi connectivity index (χ1) is 15.8. The minimum absolute atomic E-state index is 0.0579. The smallest absolute Gasteiger partial charge is 0.166 e. The molecule has 5 rings (SSSR count). The van der Waals surface area contributed by atoms with Gasteiger partial charge in [0.05, 0.1) is 17.9 Å². The third-order valence-electron chi connectivity index (χ3n) is 5.87. The molecule has 166 valence electrons. The molecule has 0 unspecified atom stereocenters. The van der Waals surface area contributed by atoms with Gasteiger partial charge in [-0.3, -0.25) is 4.57 Å². The fourth-order valence-corrected chi connectivity index (χ4v) is 4.00. The van der Waals surface area contributed by atoms with Crippen LogP contribution in [-0.2, 0) is 23.3 Å². The van der Waals surface area contributed by atoms with Gasteiger partial charge in [0.2, 0.25) is 0 Å². The maximum atomic E-state index is 5.36. The van der Waals surface area contributed by atoms with Crippen molar-refractivity contribution in [3.8, 4) is 28.9 Å². The Hall–Kier alpha value is -3.76. The lowest BCUT2D eigenvalue weighted by atomic mass is 9.88. The summed E-state index contributed by atoms with van der Waals surface area (Å²) in [4.78, 5) is 9.18. The number of aryl methyl sites for hydroxylation is 1. The Morgan fingerprint density at radius 3 is 2.64 bits per heavy atom. The lowest BCUT2D eigenvalue weighted by molar-refractivity contribution is 0.174. The van der Waals surface area contributed by atoms with Crippen LogP contribution in [0.5, 0.6) is 0 Å². The highest BCUT2D eigenvalue weighted by molar-refractivity contribution is 5.70. The normalized spacial score (nSPS) is 12.3. The van der Waals surface area contributed by atoms with E-state index in [1.165, 1.54) is 5.56 Å². The average molecular weight is 439 g/mol. The topological polar surface area (TPSA) is 70.7 Å². The molecule has 33 heavy (non-hydrogen) atoms. The van der Waals surface area contributed by atoms with Crippen molar-refractivity contribution >= 4 is 0 Å². The van der Waals surface area contributed by atoms with Gasteiger partial charge in [-0.05, 0) is 47.9 Å². The van der Waals surface area contributed by atoms with Crippen molar-refractivity contribution in [3.05, 3.63) is 76.9 Å². The molecule has 4 aromatic rings. The van der Waals surface area contributed by atoms with E-state index in [2.05, 4.69) is 93.1 Å². The summed E-state index contributed by atoms with van der Waals surface area (Å²) in [5.74, 6) is 8.02. The summed E-state index contributed by atoms with van der Waals surface area (Å²) in [5.41, 5.74) is 6.84. The van der Waals surface area contributed by atoms with Crippen molar-refractivity contribution in [1.82, 2.24) is 29.3 Å². The van der Waals surface area contributed by atoms with Crippen LogP contribution < -0.4 is 0 Å². The molecule has 4 heterocycles. The molecule has 0 atom stereocenters. The van der Waals surface area contributed by atoms with Gasteiger partial charge in [-0.25, -0.2) is 9.97 Å². The minimum atomic E-state index is 0.0579. The molecule has 0 N–H and O–H groups in total. The Morgan fingerprint density at radius 1 is 1.06 bits per heavy atom. The van der Waals surface area contributed by atoms with Gasteiger partial charge in [-0.2, -0.15) is 0 Å². The molecule has 7 heteroatoms. The Bertz CT molecular complexity index is 1390. The standard InChI is InChI=1S/C26H26N6O/c1-17-6-11-22-20(12-17)25-30-29-24(15-33-5)31(25)14-23-21(28-16-32(22)23)10-9-19-8-7-18(13-27-19)26(2,3)4/h6-8,11-13,16H,14-15H2,1-5H3. The second-order valence-corrected chi connectivity index (χ2v) is 9.32. The summed E-state index contributed by atoms with van der Waals surface area (Å²) >= 11 is 0. The van der Waals surface area contributed by atoms with E-state index in [0.717, 1.165) is 39.9 Å². The van der Waals surface area contributed by atoms with E-state index in [9.17, 15) is 0 Å². The van der Waals surface area contributed by atoms with Crippen LogP contribution >= 0.6 is 0 Å². The summed E-state index contributed by atoms with van der Waals surface area (Å²) in [6, 6.07) is 10.4. The van der Waals surface area contributed by atoms with Crippen molar-refractivity contribution in [3.63, 3.8) is 0 Å². The van der Waals surface area contributed by atoms with E-state index >= 15 is 0 Å². The molecular formula is C26H26N6O. The molecule has 0 fully saturated rings. The molecule has 1 aliphatic rings. The first-order valence-electron chi connectivity index (χ1n) is 10.9. The van der Waals surface area contributed by atoms with Crippen molar-refractivity contribution in [2.24, 2.45) is 0 Å². The third kappa shape index (κ3) is 3.83. The summed E-state index contributed by atoms with van der Waals surface area (Å²) < 4.78 is 9.55. The van der Waals surface area contributed by atoms with Gasteiger partial charge in [-0.1, -0.05) is 38.5 Å². The first kappa shape index (κ1) is 21.1. The number of hydrogen-bond donors (Lipinski definition) is 0. The van der Waals surface area contributed by atoms with E-state index in [1.807, 2.05) is 18.6 Å². The van der Waals surface area contributed by atoms with Gasteiger partial charge >= 0.3 is 0 Å². The molecule has 3 aromatic heterocycles. The predicted molar refractivity (Wildman–Crippen MR) is 126 cm³/mol. The zero-order chi connectivity index (χ0) is 23.2. The largest absolute Gasteiger partial charge is 0.377 e. The van der Waals surface area contributed by atoms with E-state index in [0.29, 0.717) is 18.8 Å². The molecule has 1 aliphatic heterocycles. The quantitative estimate of drug-likeness (QED) is 0.389. The Morgan fingerprint density at radius 2 is 1.91 bits per heavy atom. The van der Waals surface area contributed by atoms with Gasteiger partial charge in [0.1, 0.15) is 24.3 Å². The summed E-state index contributed by atoms with van der Waals surface area (Å²) in [7, 11) is 1.66. The van der Waals surface area contributed by atoms with E-state index in [-0.39, 0.29) is 5.41 Å². The summed E-state index contributed by atoms with van der Waals surface area (Å²) in [6.07, 6.45) is 3.73. The number of hydrogen-bond acceptors (Lipinski definition) is 5. The van der Waals surface area contributed by atoms with E-state index < -0.39 is 0 Å². The van der Waals surface area contributed by atoms with Gasteiger partial charge in [0.25, 0.3) is 0 Å². The lowest BCUT2D eigenvalue weighted by Gasteiger charge is -2.17. The van der Waals surface area contributed by atoms with Crippen LogP contribution in [0.25, 0.3) is 17.1 Å². The van der Waals surface area contributed by atoms with Crippen LogP contribution in [0.3, 0.4) is 0 Å². The average Bonchev–Trinajstić information content (AvgIpc) is 3.33. The molecule has 0 saturated heterocycles. The van der Waals surface area contributed by atoms with E-state index in [4.69, 9.17) is 4.74 Å². The van der Waals surface area contributed by atoms with E-state index in [1.54, 1.807) is 7.11 Å². The fourth-order valence-electron chi connectivity index (χ4n) is 4.00. The number of methoxy groups -OCH3 is 1. The molecular weight excluding hydrogens is 412 g/mol. The van der Waals surface area contributed by atoms with Crippen LogP contribution in [0.2, 0.25) is 0 Å². The molecule has 0 aliphatic carbocycles. The highest BCUT2D eigenvalue weighted by atomic mass is 16.5. The van der Waals surface area contributed by atoms with Gasteiger partial charge in [0.15, 0.2) is 11.6 Å². The molecule has 1 aromatic carbocycles. The van der Waals surface area contributed by atoms with Gasteiger partial charge in [0, 0.05) is 18.9 Å². The Balaban J connectivity index is 1.60. The van der Waals surface area contributed by atoms with Crippen molar-refractivity contribution in [2.75, 3.05) is 7.11 Å². The highest BCUT2D eigenvalue weighted by Gasteiger charge is 2.25. The fraction of sp³-hybridized carbons (Fsp3) is 0.308. The molecule has 0 bridgehead atoms. The minimum Gasteiger partial charge on any atom is -0.377 e. The van der Waals surface area contributed by atoms with Crippen LogP contribution in [0.4, 0.5) is 0 Å². The number of rotatable bonds is 2. The number of ether oxygens (including phenoxy) is 1. The number of aromatic nitrogens is 6. The number of benzene rings is 1. The van der Waals surface area contributed by atoms with Crippen molar-refractivity contribution in [2.45, 2.75) is 46.3 Å². The molecule has 0 radical (unpaired) electrons. The second kappa shape index (κ2) is 7.98. The SMILES string of the molecule is COCc1nnc2n1Cc1c(C#Cc3ccc(C(C)(C)C)cn3)ncn1-c1ccc(C)cc1-2. The van der Waals surface area contributed by atoms with Crippen molar-refractivity contribution in [1.29, 1.82) is 0 Å².